The van der Waals surface area contributed by atoms with Crippen LogP contribution in [0.3, 0.4) is 0 Å². The van der Waals surface area contributed by atoms with E-state index in [9.17, 15) is 5.11 Å². The first kappa shape index (κ1) is 17.2. The number of hydrogen-bond donors (Lipinski definition) is 1. The van der Waals surface area contributed by atoms with Crippen molar-refractivity contribution < 1.29 is 5.11 Å². The summed E-state index contributed by atoms with van der Waals surface area (Å²) in [5.41, 5.74) is 4.37. The zero-order chi connectivity index (χ0) is 17.5. The Balaban J connectivity index is 2.13. The molecule has 0 unspecified atom stereocenters. The topological polar surface area (TPSA) is 23.5 Å². The third-order valence-electron chi connectivity index (χ3n) is 5.06. The van der Waals surface area contributed by atoms with Crippen LogP contribution in [-0.2, 0) is 0 Å². The molecule has 24 heavy (non-hydrogen) atoms. The molecule has 2 aromatic rings. The van der Waals surface area contributed by atoms with Crippen molar-refractivity contribution in [3.63, 3.8) is 0 Å². The highest BCUT2D eigenvalue weighted by molar-refractivity contribution is 9.10. The van der Waals surface area contributed by atoms with Gasteiger partial charge in [-0.05, 0) is 55.7 Å². The third-order valence-corrected chi connectivity index (χ3v) is 5.52. The fourth-order valence-corrected chi connectivity index (χ4v) is 4.23. The second-order valence-electron chi connectivity index (χ2n) is 7.14. The van der Waals surface area contributed by atoms with Gasteiger partial charge in [0.1, 0.15) is 0 Å². The maximum atomic E-state index is 10.9. The molecule has 2 nitrogen and oxygen atoms in total. The lowest BCUT2D eigenvalue weighted by molar-refractivity contribution is 0.0746. The molecule has 2 atom stereocenters. The van der Waals surface area contributed by atoms with Crippen LogP contribution < -0.4 is 4.90 Å². The van der Waals surface area contributed by atoms with Gasteiger partial charge < -0.3 is 10.0 Å². The van der Waals surface area contributed by atoms with Crippen LogP contribution in [0.15, 0.2) is 53.1 Å². The summed E-state index contributed by atoms with van der Waals surface area (Å²) in [6, 6.07) is 14.5. The van der Waals surface area contributed by atoms with E-state index in [1.807, 2.05) is 18.2 Å². The predicted octanol–water partition coefficient (Wildman–Crippen LogP) is 5.49. The highest BCUT2D eigenvalue weighted by Crippen LogP contribution is 2.46. The van der Waals surface area contributed by atoms with E-state index in [2.05, 4.69) is 85.1 Å². The van der Waals surface area contributed by atoms with Crippen molar-refractivity contribution in [1.82, 2.24) is 0 Å². The fourth-order valence-electron chi connectivity index (χ4n) is 3.64. The Bertz CT molecular complexity index is 767. The summed E-state index contributed by atoms with van der Waals surface area (Å²) in [7, 11) is 0. The maximum Gasteiger partial charge on any atom is 0.0836 e. The zero-order valence-corrected chi connectivity index (χ0v) is 16.2. The largest absolute Gasteiger partial charge is 0.390 e. The molecule has 0 spiro atoms. The Morgan fingerprint density at radius 2 is 1.83 bits per heavy atom. The average molecular weight is 386 g/mol. The van der Waals surface area contributed by atoms with Gasteiger partial charge in [-0.3, -0.25) is 0 Å². The molecule has 126 valence electrons. The smallest absolute Gasteiger partial charge is 0.0836 e. The van der Waals surface area contributed by atoms with Crippen molar-refractivity contribution >= 4 is 27.7 Å². The van der Waals surface area contributed by atoms with Gasteiger partial charge in [0, 0.05) is 22.3 Å². The number of aliphatic hydroxyl groups excluding tert-OH is 1. The van der Waals surface area contributed by atoms with Crippen LogP contribution >= 0.6 is 15.9 Å². The van der Waals surface area contributed by atoms with Crippen molar-refractivity contribution in [2.75, 3.05) is 4.90 Å². The van der Waals surface area contributed by atoms with E-state index >= 15 is 0 Å². The summed E-state index contributed by atoms with van der Waals surface area (Å²) in [4.78, 5) is 2.22. The molecule has 3 heteroatoms. The molecule has 1 aliphatic heterocycles. The molecule has 0 fully saturated rings. The SMILES string of the molecule is Cc1cc(Br)cc2c1N(/C=C/c1ccccc1)C(C)(C)[C@@H](O)[C@@H]2C. The molecule has 0 saturated carbocycles. The van der Waals surface area contributed by atoms with E-state index in [0.717, 1.165) is 10.0 Å². The lowest BCUT2D eigenvalue weighted by atomic mass is 9.76. The monoisotopic (exact) mass is 385 g/mol. The van der Waals surface area contributed by atoms with Gasteiger partial charge in [-0.25, -0.2) is 0 Å². The van der Waals surface area contributed by atoms with Gasteiger partial charge in [0.15, 0.2) is 0 Å². The van der Waals surface area contributed by atoms with Gasteiger partial charge >= 0.3 is 0 Å². The lowest BCUT2D eigenvalue weighted by Crippen LogP contribution is -2.55. The molecule has 3 rings (SSSR count). The van der Waals surface area contributed by atoms with Crippen LogP contribution in [0.4, 0.5) is 5.69 Å². The van der Waals surface area contributed by atoms with E-state index in [4.69, 9.17) is 0 Å². The number of anilines is 1. The standard InChI is InChI=1S/C21H24BrNO/c1-14-12-17(22)13-18-15(2)20(24)21(3,4)23(19(14)18)11-10-16-8-6-5-7-9-16/h5-13,15,20,24H,1-4H3/b11-10+/t15-,20+/m1/s1. The molecule has 0 radical (unpaired) electrons. The fraction of sp³-hybridized carbons (Fsp3) is 0.333. The predicted molar refractivity (Wildman–Crippen MR) is 105 cm³/mol. The lowest BCUT2D eigenvalue weighted by Gasteiger charge is -2.49. The van der Waals surface area contributed by atoms with Crippen molar-refractivity contribution in [2.24, 2.45) is 0 Å². The van der Waals surface area contributed by atoms with Crippen LogP contribution in [0.2, 0.25) is 0 Å². The zero-order valence-electron chi connectivity index (χ0n) is 14.6. The van der Waals surface area contributed by atoms with Crippen LogP contribution in [0.5, 0.6) is 0 Å². The maximum absolute atomic E-state index is 10.9. The van der Waals surface area contributed by atoms with Crippen molar-refractivity contribution in [3.05, 3.63) is 69.8 Å². The number of fused-ring (bicyclic) bond motifs is 1. The number of aliphatic hydroxyl groups is 1. The van der Waals surface area contributed by atoms with Crippen molar-refractivity contribution in [1.29, 1.82) is 0 Å². The van der Waals surface area contributed by atoms with E-state index < -0.39 is 6.10 Å². The van der Waals surface area contributed by atoms with Gasteiger partial charge in [-0.15, -0.1) is 0 Å². The van der Waals surface area contributed by atoms with Gasteiger partial charge in [0.05, 0.1) is 11.6 Å². The molecule has 2 aromatic carbocycles. The molecule has 1 N–H and O–H groups in total. The summed E-state index contributed by atoms with van der Waals surface area (Å²) in [6.45, 7) is 8.45. The Hall–Kier alpha value is -1.58. The number of nitrogens with zero attached hydrogens (tertiary/aromatic N) is 1. The van der Waals surface area contributed by atoms with Crippen LogP contribution in [0.25, 0.3) is 6.08 Å². The van der Waals surface area contributed by atoms with E-state index in [1.165, 1.54) is 16.8 Å². The Morgan fingerprint density at radius 1 is 1.17 bits per heavy atom. The first-order chi connectivity index (χ1) is 11.3. The molecule has 0 saturated heterocycles. The van der Waals surface area contributed by atoms with E-state index in [-0.39, 0.29) is 11.5 Å². The molecular formula is C21H24BrNO. The summed E-state index contributed by atoms with van der Waals surface area (Å²) in [6.07, 6.45) is 3.76. The molecule has 0 aromatic heterocycles. The van der Waals surface area contributed by atoms with Crippen LogP contribution in [-0.4, -0.2) is 16.7 Å². The number of benzene rings is 2. The normalized spacial score (nSPS) is 22.7. The molecule has 1 heterocycles. The van der Waals surface area contributed by atoms with Crippen LogP contribution in [0.1, 0.15) is 43.4 Å². The molecule has 0 aliphatic carbocycles. The summed E-state index contributed by atoms with van der Waals surface area (Å²) in [5, 5.41) is 10.9. The summed E-state index contributed by atoms with van der Waals surface area (Å²) in [5.74, 6) is 0.0903. The third kappa shape index (κ3) is 2.91. The van der Waals surface area contributed by atoms with Crippen LogP contribution in [0, 0.1) is 6.92 Å². The van der Waals surface area contributed by atoms with Crippen molar-refractivity contribution in [3.8, 4) is 0 Å². The first-order valence-electron chi connectivity index (χ1n) is 8.33. The van der Waals surface area contributed by atoms with Gasteiger partial charge in [0.2, 0.25) is 0 Å². The molecule has 1 aliphatic rings. The second-order valence-corrected chi connectivity index (χ2v) is 8.06. The quantitative estimate of drug-likeness (QED) is 0.738. The first-order valence-corrected chi connectivity index (χ1v) is 9.12. The summed E-state index contributed by atoms with van der Waals surface area (Å²) < 4.78 is 1.06. The van der Waals surface area contributed by atoms with Gasteiger partial charge in [-0.1, -0.05) is 53.2 Å². The van der Waals surface area contributed by atoms with E-state index in [1.54, 1.807) is 0 Å². The van der Waals surface area contributed by atoms with Crippen molar-refractivity contribution in [2.45, 2.75) is 45.3 Å². The highest BCUT2D eigenvalue weighted by atomic mass is 79.9. The highest BCUT2D eigenvalue weighted by Gasteiger charge is 2.44. The Labute approximate surface area is 152 Å². The number of halogens is 1. The van der Waals surface area contributed by atoms with E-state index in [0.29, 0.717) is 0 Å². The molecule has 0 bridgehead atoms. The Kier molecular flexibility index (Phi) is 4.58. The minimum atomic E-state index is -0.445. The summed E-state index contributed by atoms with van der Waals surface area (Å²) >= 11 is 3.59. The Morgan fingerprint density at radius 3 is 2.50 bits per heavy atom. The number of rotatable bonds is 2. The number of hydrogen-bond acceptors (Lipinski definition) is 2. The number of aryl methyl sites for hydroxylation is 1. The second kappa shape index (κ2) is 6.38. The minimum absolute atomic E-state index is 0.0903. The minimum Gasteiger partial charge on any atom is -0.390 e. The molecular weight excluding hydrogens is 362 g/mol. The molecule has 0 amide bonds. The average Bonchev–Trinajstić information content (AvgIpc) is 2.54. The van der Waals surface area contributed by atoms with Gasteiger partial charge in [-0.2, -0.15) is 0 Å². The van der Waals surface area contributed by atoms with Gasteiger partial charge in [0.25, 0.3) is 0 Å².